The van der Waals surface area contributed by atoms with Crippen LogP contribution in [0.2, 0.25) is 0 Å². The number of nitrogens with one attached hydrogen (secondary N) is 2. The smallest absolute Gasteiger partial charge is 0.161 e. The van der Waals surface area contributed by atoms with Gasteiger partial charge < -0.3 is 24.7 Å². The van der Waals surface area contributed by atoms with Crippen molar-refractivity contribution in [1.29, 1.82) is 0 Å². The molecule has 4 aromatic rings. The van der Waals surface area contributed by atoms with Gasteiger partial charge in [0.15, 0.2) is 11.5 Å². The summed E-state index contributed by atoms with van der Waals surface area (Å²) in [5.74, 6) is 1.83. The molecule has 0 saturated carbocycles. The van der Waals surface area contributed by atoms with Crippen molar-refractivity contribution in [3.8, 4) is 33.9 Å². The number of anilines is 1. The maximum atomic E-state index is 5.56. The molecule has 1 aliphatic heterocycles. The van der Waals surface area contributed by atoms with Crippen LogP contribution in [0.25, 0.3) is 33.3 Å². The van der Waals surface area contributed by atoms with E-state index in [1.807, 2.05) is 12.1 Å². The fraction of sp³-hybridized carbons (Fsp3) is 0.333. The summed E-state index contributed by atoms with van der Waals surface area (Å²) in [6.45, 7) is 9.88. The molecule has 1 atom stereocenters. The predicted molar refractivity (Wildman–Crippen MR) is 146 cm³/mol. The topological polar surface area (TPSA) is 49.5 Å². The van der Waals surface area contributed by atoms with Crippen LogP contribution in [0.1, 0.15) is 32.3 Å². The first-order valence-corrected chi connectivity index (χ1v) is 12.4. The Morgan fingerprint density at radius 3 is 2.26 bits per heavy atom. The Hall–Kier alpha value is -3.44. The summed E-state index contributed by atoms with van der Waals surface area (Å²) in [4.78, 5) is 6.14. The number of H-pyrrole nitrogens is 1. The average Bonchev–Trinajstić information content (AvgIpc) is 3.27. The second-order valence-electron chi connectivity index (χ2n) is 9.75. The normalized spacial score (nSPS) is 16.2. The summed E-state index contributed by atoms with van der Waals surface area (Å²) in [7, 11) is 3.34. The van der Waals surface area contributed by atoms with E-state index in [4.69, 9.17) is 9.47 Å². The Morgan fingerprint density at radius 1 is 0.857 bits per heavy atom. The highest BCUT2D eigenvalue weighted by molar-refractivity contribution is 5.94. The highest BCUT2D eigenvalue weighted by atomic mass is 16.5. The lowest BCUT2D eigenvalue weighted by Crippen LogP contribution is -2.49. The Kier molecular flexibility index (Phi) is 6.44. The molecule has 0 bridgehead atoms. The van der Waals surface area contributed by atoms with Crippen molar-refractivity contribution < 1.29 is 9.47 Å². The third-order valence-corrected chi connectivity index (χ3v) is 7.02. The van der Waals surface area contributed by atoms with E-state index < -0.39 is 0 Å². The molecule has 5 rings (SSSR count). The lowest BCUT2D eigenvalue weighted by molar-refractivity contribution is 0.355. The number of rotatable bonds is 6. The van der Waals surface area contributed by atoms with Gasteiger partial charge in [-0.15, -0.1) is 0 Å². The molecule has 5 heteroatoms. The second-order valence-corrected chi connectivity index (χ2v) is 9.75. The van der Waals surface area contributed by atoms with Gasteiger partial charge >= 0.3 is 0 Å². The number of piperazine rings is 1. The SMILES string of the molecule is COc1ccc(-c2[nH]c3ccc(-c4ccc(N5CCN[C@H](C)C5)cc4)cc3c2C(C)C)cc1OC. The second kappa shape index (κ2) is 9.67. The van der Waals surface area contributed by atoms with Crippen LogP contribution < -0.4 is 19.7 Å². The van der Waals surface area contributed by atoms with E-state index in [-0.39, 0.29) is 0 Å². The molecule has 0 amide bonds. The summed E-state index contributed by atoms with van der Waals surface area (Å²) in [5, 5.41) is 4.78. The minimum absolute atomic E-state index is 0.360. The Balaban J connectivity index is 1.52. The van der Waals surface area contributed by atoms with Gasteiger partial charge in [-0.3, -0.25) is 0 Å². The molecule has 5 nitrogen and oxygen atoms in total. The van der Waals surface area contributed by atoms with Gasteiger partial charge in [0.1, 0.15) is 0 Å². The molecular weight excluding hydrogens is 434 g/mol. The number of nitrogens with zero attached hydrogens (tertiary/aromatic N) is 1. The molecule has 0 unspecified atom stereocenters. The van der Waals surface area contributed by atoms with Crippen LogP contribution in [0.5, 0.6) is 11.5 Å². The van der Waals surface area contributed by atoms with E-state index in [2.05, 4.69) is 84.5 Å². The molecule has 3 aromatic carbocycles. The fourth-order valence-corrected chi connectivity index (χ4v) is 5.24. The van der Waals surface area contributed by atoms with Crippen molar-refractivity contribution >= 4 is 16.6 Å². The summed E-state index contributed by atoms with van der Waals surface area (Å²) in [5.41, 5.74) is 8.47. The monoisotopic (exact) mass is 469 g/mol. The first kappa shape index (κ1) is 23.3. The molecule has 0 spiro atoms. The van der Waals surface area contributed by atoms with E-state index in [0.29, 0.717) is 12.0 Å². The van der Waals surface area contributed by atoms with Gasteiger partial charge in [0, 0.05) is 47.8 Å². The van der Waals surface area contributed by atoms with Gasteiger partial charge in [-0.25, -0.2) is 0 Å². The summed E-state index contributed by atoms with van der Waals surface area (Å²) >= 11 is 0. The molecule has 2 heterocycles. The number of fused-ring (bicyclic) bond motifs is 1. The largest absolute Gasteiger partial charge is 0.493 e. The molecule has 35 heavy (non-hydrogen) atoms. The van der Waals surface area contributed by atoms with Gasteiger partial charge in [0.05, 0.1) is 19.9 Å². The molecule has 2 N–H and O–H groups in total. The molecular formula is C30H35N3O2. The lowest BCUT2D eigenvalue weighted by Gasteiger charge is -2.33. The molecule has 1 aromatic heterocycles. The highest BCUT2D eigenvalue weighted by Crippen LogP contribution is 2.40. The molecule has 0 radical (unpaired) electrons. The molecule has 1 aliphatic rings. The van der Waals surface area contributed by atoms with Gasteiger partial charge in [-0.05, 0) is 72.0 Å². The molecule has 0 aliphatic carbocycles. The minimum atomic E-state index is 0.360. The van der Waals surface area contributed by atoms with Crippen LogP contribution in [0.4, 0.5) is 5.69 Å². The summed E-state index contributed by atoms with van der Waals surface area (Å²) < 4.78 is 11.0. The van der Waals surface area contributed by atoms with E-state index in [1.165, 1.54) is 27.8 Å². The van der Waals surface area contributed by atoms with Gasteiger partial charge in [0.25, 0.3) is 0 Å². The first-order chi connectivity index (χ1) is 17.0. The van der Waals surface area contributed by atoms with E-state index >= 15 is 0 Å². The van der Waals surface area contributed by atoms with Crippen molar-refractivity contribution in [3.05, 3.63) is 66.2 Å². The fourth-order valence-electron chi connectivity index (χ4n) is 5.24. The number of hydrogen-bond donors (Lipinski definition) is 2. The van der Waals surface area contributed by atoms with Gasteiger partial charge in [-0.1, -0.05) is 32.0 Å². The van der Waals surface area contributed by atoms with Gasteiger partial charge in [-0.2, -0.15) is 0 Å². The summed E-state index contributed by atoms with van der Waals surface area (Å²) in [6, 6.07) is 22.4. The number of hydrogen-bond acceptors (Lipinski definition) is 4. The van der Waals surface area contributed by atoms with Crippen molar-refractivity contribution in [2.45, 2.75) is 32.7 Å². The zero-order chi connectivity index (χ0) is 24.5. The quantitative estimate of drug-likeness (QED) is 0.341. The van der Waals surface area contributed by atoms with Crippen LogP contribution in [-0.4, -0.2) is 44.9 Å². The number of methoxy groups -OCH3 is 2. The highest BCUT2D eigenvalue weighted by Gasteiger charge is 2.19. The van der Waals surface area contributed by atoms with Crippen LogP contribution in [0.15, 0.2) is 60.7 Å². The van der Waals surface area contributed by atoms with Crippen molar-refractivity contribution in [1.82, 2.24) is 10.3 Å². The maximum absolute atomic E-state index is 5.56. The predicted octanol–water partition coefficient (Wildman–Crippen LogP) is 6.44. The minimum Gasteiger partial charge on any atom is -0.493 e. The Labute approximate surface area is 208 Å². The van der Waals surface area contributed by atoms with Gasteiger partial charge in [0.2, 0.25) is 0 Å². The number of aromatic nitrogens is 1. The first-order valence-electron chi connectivity index (χ1n) is 12.4. The van der Waals surface area contributed by atoms with E-state index in [1.54, 1.807) is 14.2 Å². The average molecular weight is 470 g/mol. The van der Waals surface area contributed by atoms with Crippen molar-refractivity contribution in [2.75, 3.05) is 38.8 Å². The number of benzene rings is 3. The van der Waals surface area contributed by atoms with E-state index in [9.17, 15) is 0 Å². The third-order valence-electron chi connectivity index (χ3n) is 7.02. The lowest BCUT2D eigenvalue weighted by atomic mass is 9.94. The number of ether oxygens (including phenoxy) is 2. The maximum Gasteiger partial charge on any atom is 0.161 e. The zero-order valence-corrected chi connectivity index (χ0v) is 21.3. The molecule has 1 saturated heterocycles. The zero-order valence-electron chi connectivity index (χ0n) is 21.3. The number of aromatic amines is 1. The Morgan fingerprint density at radius 2 is 1.57 bits per heavy atom. The van der Waals surface area contributed by atoms with Crippen LogP contribution >= 0.6 is 0 Å². The standard InChI is InChI=1S/C30H35N3O2/c1-19(2)29-25-16-22(21-6-10-24(11-7-21)33-15-14-31-20(3)18-33)8-12-26(25)32-30(29)23-9-13-27(34-4)28(17-23)35-5/h6-13,16-17,19-20,31-32H,14-15,18H2,1-5H3/t20-/m1/s1. The van der Waals surface area contributed by atoms with Crippen LogP contribution in [0, 0.1) is 0 Å². The van der Waals surface area contributed by atoms with Crippen LogP contribution in [0.3, 0.4) is 0 Å². The Bertz CT molecular complexity index is 1320. The van der Waals surface area contributed by atoms with Crippen LogP contribution in [-0.2, 0) is 0 Å². The summed E-state index contributed by atoms with van der Waals surface area (Å²) in [6.07, 6.45) is 0. The molecule has 1 fully saturated rings. The third kappa shape index (κ3) is 4.48. The van der Waals surface area contributed by atoms with Crippen molar-refractivity contribution in [3.63, 3.8) is 0 Å². The molecule has 182 valence electrons. The van der Waals surface area contributed by atoms with E-state index in [0.717, 1.165) is 47.9 Å². The van der Waals surface area contributed by atoms with Crippen molar-refractivity contribution in [2.24, 2.45) is 0 Å².